The molecule has 0 aliphatic carbocycles. The number of aliphatic hydroxyl groups is 2. The van der Waals surface area contributed by atoms with Crippen LogP contribution in [0.25, 0.3) is 10.4 Å². The van der Waals surface area contributed by atoms with Gasteiger partial charge in [-0.2, -0.15) is 0 Å². The van der Waals surface area contributed by atoms with E-state index < -0.39 is 18.0 Å². The molecule has 0 heterocycles. The summed E-state index contributed by atoms with van der Waals surface area (Å²) in [4.78, 5) is 13.5. The minimum Gasteiger partial charge on any atom is -0.390 e. The van der Waals surface area contributed by atoms with Crippen molar-refractivity contribution in [2.24, 2.45) is 27.3 Å². The van der Waals surface area contributed by atoms with E-state index in [2.05, 4.69) is 92.8 Å². The minimum absolute atomic E-state index is 0.0613. The highest BCUT2D eigenvalue weighted by Gasteiger charge is 2.36. The first-order valence-electron chi connectivity index (χ1n) is 27.2. The van der Waals surface area contributed by atoms with Gasteiger partial charge in [-0.3, -0.25) is 10.1 Å². The summed E-state index contributed by atoms with van der Waals surface area (Å²) in [7, 11) is 3.91. The third-order valence-electron chi connectivity index (χ3n) is 9.25. The van der Waals surface area contributed by atoms with E-state index in [1.54, 1.807) is 12.1 Å². The van der Waals surface area contributed by atoms with Crippen LogP contribution in [-0.4, -0.2) is 84.0 Å². The van der Waals surface area contributed by atoms with Crippen molar-refractivity contribution in [2.75, 3.05) is 6.61 Å². The Morgan fingerprint density at radius 3 is 1.29 bits per heavy atom. The van der Waals surface area contributed by atoms with Crippen LogP contribution in [-0.2, 0) is 30.3 Å². The molecular formula is C61H122N4O9S2. The number of hydrogen-bond acceptors (Lipinski definition) is 12. The van der Waals surface area contributed by atoms with Gasteiger partial charge in [-0.15, -0.1) is 0 Å². The lowest BCUT2D eigenvalue weighted by Crippen LogP contribution is -2.44. The molecular weight excluding hydrogens is 997 g/mol. The molecule has 0 spiro atoms. The number of rotatable bonds is 14. The number of hydrogen-bond donors (Lipinski definition) is 2. The maximum absolute atomic E-state index is 11.1. The van der Waals surface area contributed by atoms with Crippen molar-refractivity contribution in [1.29, 1.82) is 0 Å². The summed E-state index contributed by atoms with van der Waals surface area (Å²) in [6, 6.07) is 5.37. The Morgan fingerprint density at radius 1 is 0.658 bits per heavy atom. The molecule has 76 heavy (non-hydrogen) atoms. The number of nitrogens with zero attached hydrogens (tertiary/aromatic N) is 4. The molecule has 0 bridgehead atoms. The van der Waals surface area contributed by atoms with Crippen molar-refractivity contribution in [2.45, 2.75) is 317 Å². The van der Waals surface area contributed by atoms with E-state index in [4.69, 9.17) is 29.2 Å². The Labute approximate surface area is 476 Å². The first-order chi connectivity index (χ1) is 33.1. The Morgan fingerprint density at radius 2 is 1.05 bits per heavy atom. The van der Waals surface area contributed by atoms with Crippen LogP contribution in [0.2, 0.25) is 0 Å². The van der Waals surface area contributed by atoms with Crippen LogP contribution < -0.4 is 0 Å². The summed E-state index contributed by atoms with van der Waals surface area (Å²) in [6.45, 7) is 75.9. The molecule has 0 aliphatic heterocycles. The van der Waals surface area contributed by atoms with Crippen LogP contribution in [0.15, 0.2) is 35.5 Å². The van der Waals surface area contributed by atoms with Gasteiger partial charge in [0, 0.05) is 21.0 Å². The molecule has 1 aromatic rings. The fraction of sp³-hybridized carbons (Fsp3) is 0.869. The van der Waals surface area contributed by atoms with Crippen LogP contribution in [0, 0.1) is 32.3 Å². The highest BCUT2D eigenvalue weighted by molar-refractivity contribution is 8.77. The van der Waals surface area contributed by atoms with Crippen molar-refractivity contribution in [3.63, 3.8) is 0 Å². The Bertz CT molecular complexity index is 1760. The topological polar surface area (TPSA) is 179 Å². The van der Waals surface area contributed by atoms with E-state index in [0.29, 0.717) is 16.9 Å². The van der Waals surface area contributed by atoms with Gasteiger partial charge in [0.15, 0.2) is 5.79 Å². The maximum atomic E-state index is 11.1. The number of nitro benzene ring substituents is 1. The normalized spacial score (nSPS) is 14.2. The van der Waals surface area contributed by atoms with Gasteiger partial charge in [-0.25, -0.2) is 0 Å². The largest absolute Gasteiger partial charge is 0.390 e. The van der Waals surface area contributed by atoms with Crippen LogP contribution >= 0.6 is 21.6 Å². The average Bonchev–Trinajstić information content (AvgIpc) is 3.14. The molecule has 0 radical (unpaired) electrons. The van der Waals surface area contributed by atoms with E-state index in [1.165, 1.54) is 0 Å². The molecule has 0 aromatic heterocycles. The molecule has 13 nitrogen and oxygen atoms in total. The molecule has 2 N–H and O–H groups in total. The van der Waals surface area contributed by atoms with Gasteiger partial charge in [-0.1, -0.05) is 164 Å². The van der Waals surface area contributed by atoms with Crippen molar-refractivity contribution >= 4 is 27.3 Å². The van der Waals surface area contributed by atoms with Gasteiger partial charge < -0.3 is 33.9 Å². The predicted octanol–water partition coefficient (Wildman–Crippen LogP) is 19.3. The summed E-state index contributed by atoms with van der Waals surface area (Å²) in [5.74, 6) is -0.0438. The van der Waals surface area contributed by atoms with Crippen LogP contribution in [0.3, 0.4) is 0 Å². The Hall–Kier alpha value is -1.91. The number of aliphatic hydroxyl groups excluding tert-OH is 2. The fourth-order valence-electron chi connectivity index (χ4n) is 5.44. The summed E-state index contributed by atoms with van der Waals surface area (Å²) in [5, 5.41) is 34.9. The molecule has 0 fully saturated rings. The zero-order valence-electron chi connectivity index (χ0n) is 55.7. The number of ether oxygens (including phenoxy) is 5. The second kappa shape index (κ2) is 34.4. The third-order valence-corrected chi connectivity index (χ3v) is 13.2. The van der Waals surface area contributed by atoms with Gasteiger partial charge >= 0.3 is 0 Å². The quantitative estimate of drug-likeness (QED) is 0.0265. The summed E-state index contributed by atoms with van der Waals surface area (Å²) in [6.07, 6.45) is -1.70. The van der Waals surface area contributed by atoms with E-state index >= 15 is 0 Å². The van der Waals surface area contributed by atoms with E-state index in [0.717, 1.165) is 16.4 Å². The Kier molecular flexibility index (Phi) is 37.5. The van der Waals surface area contributed by atoms with Gasteiger partial charge in [0.2, 0.25) is 0 Å². The molecule has 0 saturated heterocycles. The number of benzene rings is 1. The molecule has 3 atom stereocenters. The zero-order valence-corrected chi connectivity index (χ0v) is 57.3. The van der Waals surface area contributed by atoms with Gasteiger partial charge in [0.1, 0.15) is 6.23 Å². The lowest BCUT2D eigenvalue weighted by Gasteiger charge is -2.38. The average molecular weight is 1120 g/mol. The van der Waals surface area contributed by atoms with Gasteiger partial charge in [0.25, 0.3) is 5.69 Å². The minimum atomic E-state index is -0.669. The molecule has 3 unspecified atom stereocenters. The van der Waals surface area contributed by atoms with Crippen LogP contribution in [0.4, 0.5) is 5.69 Å². The maximum Gasteiger partial charge on any atom is 0.275 e. The SMILES string of the molecule is C=C(COC(C)(C)C)C(C)(C)C.CC(C)(C)C(O)C(O)C(C)(C)C.CC(C)(C)OC(C)(C)OC(C)(C)C.CC(C)C(N=[N+]=[N-])OC(C)(C)C.CC(C)SSC(C)(C)C.CC(C)c1ccc(COC(C)(C)C)c([N+](=O)[O-])c1. The summed E-state index contributed by atoms with van der Waals surface area (Å²) >= 11 is 0. The summed E-state index contributed by atoms with van der Waals surface area (Å²) < 4.78 is 28.7. The highest BCUT2D eigenvalue weighted by Crippen LogP contribution is 2.37. The zero-order chi connectivity index (χ0) is 62.3. The molecule has 1 aromatic carbocycles. The van der Waals surface area contributed by atoms with Crippen molar-refractivity contribution < 1.29 is 38.8 Å². The predicted molar refractivity (Wildman–Crippen MR) is 331 cm³/mol. The standard InChI is InChI=1S/C14H21NO3.C11H24O2.C11H22O.C10H22O2.C8H17N3O.C7H16S2/c1-10(2)11-6-7-12(9-18-14(3,4)5)13(8-11)15(16)17;1-9(2,3)12-11(7,8)13-10(4,5)6;1-9(10(2,3)4)8-12-11(5,6)7;1-9(2,3)7(11)8(12)10(4,5)6;1-6(2)7(10-11-9)12-8(3,4)5;1-6(2)8-9-7(3,4)5/h6-8,10H,9H2,1-5H3;1-8H3;1,8H2,2-7H3;7-8,11-12H,1-6H3;6-7H,1-5H3;6H,1-5H3. The molecule has 0 aliphatic rings. The lowest BCUT2D eigenvalue weighted by atomic mass is 9.76. The van der Waals surface area contributed by atoms with E-state index in [9.17, 15) is 20.3 Å². The van der Waals surface area contributed by atoms with E-state index in [1.807, 2.05) is 194 Å². The smallest absolute Gasteiger partial charge is 0.275 e. The molecule has 15 heteroatoms. The molecule has 0 amide bonds. The van der Waals surface area contributed by atoms with Gasteiger partial charge in [-0.05, 0) is 169 Å². The van der Waals surface area contributed by atoms with Crippen molar-refractivity contribution in [1.82, 2.24) is 0 Å². The Balaban J connectivity index is -0.000000269. The van der Waals surface area contributed by atoms with Crippen LogP contribution in [0.1, 0.15) is 259 Å². The third kappa shape index (κ3) is 52.8. The van der Waals surface area contributed by atoms with Crippen molar-refractivity contribution in [3.05, 3.63) is 62.0 Å². The number of nitro groups is 1. The van der Waals surface area contributed by atoms with E-state index in [-0.39, 0.29) is 79.5 Å². The highest BCUT2D eigenvalue weighted by atomic mass is 33.1. The second-order valence-corrected chi connectivity index (χ2v) is 33.4. The first kappa shape index (κ1) is 82.9. The summed E-state index contributed by atoms with van der Waals surface area (Å²) in [5.41, 5.74) is 9.83. The van der Waals surface area contributed by atoms with Gasteiger partial charge in [0.05, 0.1) is 63.9 Å². The fourth-order valence-corrected chi connectivity index (χ4v) is 7.36. The lowest BCUT2D eigenvalue weighted by molar-refractivity contribution is -0.386. The monoisotopic (exact) mass is 1120 g/mol. The molecule has 0 saturated carbocycles. The molecule has 452 valence electrons. The van der Waals surface area contributed by atoms with Crippen LogP contribution in [0.5, 0.6) is 0 Å². The van der Waals surface area contributed by atoms with Crippen molar-refractivity contribution in [3.8, 4) is 0 Å². The first-order valence-corrected chi connectivity index (χ1v) is 29.4. The second-order valence-electron chi connectivity index (χ2n) is 29.8. The molecule has 1 rings (SSSR count). The number of azide groups is 1.